The van der Waals surface area contributed by atoms with E-state index in [9.17, 15) is 0 Å². The normalized spacial score (nSPS) is 23.6. The quantitative estimate of drug-likeness (QED) is 0.793. The topological polar surface area (TPSA) is 28.6 Å². The maximum absolute atomic E-state index is 6.01. The molecule has 0 aliphatic carbocycles. The molecule has 4 heterocycles. The summed E-state index contributed by atoms with van der Waals surface area (Å²) in [6.07, 6.45) is 6.18. The van der Waals surface area contributed by atoms with E-state index < -0.39 is 0 Å². The van der Waals surface area contributed by atoms with Gasteiger partial charge in [-0.05, 0) is 61.5 Å². The zero-order chi connectivity index (χ0) is 17.1. The van der Waals surface area contributed by atoms with Crippen molar-refractivity contribution < 1.29 is 4.74 Å². The predicted octanol–water partition coefficient (Wildman–Crippen LogP) is 3.26. The Morgan fingerprint density at radius 3 is 2.88 bits per heavy atom. The van der Waals surface area contributed by atoms with Crippen LogP contribution in [0.5, 0.6) is 0 Å². The third-order valence-corrected chi connectivity index (χ3v) is 6.58. The van der Waals surface area contributed by atoms with Gasteiger partial charge in [-0.2, -0.15) is 0 Å². The fourth-order valence-corrected chi connectivity index (χ4v) is 5.01. The van der Waals surface area contributed by atoms with Gasteiger partial charge < -0.3 is 4.74 Å². The summed E-state index contributed by atoms with van der Waals surface area (Å²) in [4.78, 5) is 10.7. The van der Waals surface area contributed by atoms with E-state index in [0.717, 1.165) is 13.2 Å². The van der Waals surface area contributed by atoms with Gasteiger partial charge >= 0.3 is 0 Å². The number of likely N-dealkylation sites (tertiary alicyclic amines) is 2. The first-order chi connectivity index (χ1) is 12.2. The number of ether oxygens (including phenoxy) is 1. The molecule has 2 aromatic rings. The number of pyridine rings is 1. The van der Waals surface area contributed by atoms with Gasteiger partial charge in [-0.3, -0.25) is 14.8 Å². The van der Waals surface area contributed by atoms with Gasteiger partial charge in [-0.1, -0.05) is 6.07 Å². The molecular weight excluding hydrogens is 330 g/mol. The van der Waals surface area contributed by atoms with E-state index >= 15 is 0 Å². The number of thiophene rings is 1. The molecule has 5 heteroatoms. The van der Waals surface area contributed by atoms with Gasteiger partial charge in [0.25, 0.3) is 0 Å². The molecule has 134 valence electrons. The van der Waals surface area contributed by atoms with Crippen LogP contribution in [-0.2, 0) is 17.9 Å². The van der Waals surface area contributed by atoms with Gasteiger partial charge in [0.1, 0.15) is 0 Å². The Bertz CT molecular complexity index is 655. The van der Waals surface area contributed by atoms with Gasteiger partial charge in [0.05, 0.1) is 6.61 Å². The summed E-state index contributed by atoms with van der Waals surface area (Å²) < 4.78 is 6.01. The molecule has 1 unspecified atom stereocenters. The van der Waals surface area contributed by atoms with Crippen LogP contribution in [0.25, 0.3) is 0 Å². The molecule has 0 saturated carbocycles. The number of nitrogens with zero attached hydrogens (tertiary/aromatic N) is 3. The Morgan fingerprint density at radius 1 is 1.28 bits per heavy atom. The molecule has 1 atom stereocenters. The fourth-order valence-electron chi connectivity index (χ4n) is 4.26. The van der Waals surface area contributed by atoms with Crippen molar-refractivity contribution >= 4 is 11.3 Å². The van der Waals surface area contributed by atoms with Gasteiger partial charge in [0.15, 0.2) is 0 Å². The summed E-state index contributed by atoms with van der Waals surface area (Å²) >= 11 is 1.87. The van der Waals surface area contributed by atoms with Crippen LogP contribution < -0.4 is 0 Å². The molecule has 2 aromatic heterocycles. The minimum Gasteiger partial charge on any atom is -0.376 e. The molecule has 0 amide bonds. The number of hydrogen-bond donors (Lipinski definition) is 0. The largest absolute Gasteiger partial charge is 0.376 e. The highest BCUT2D eigenvalue weighted by Crippen LogP contribution is 2.39. The van der Waals surface area contributed by atoms with Crippen LogP contribution in [0, 0.1) is 5.92 Å². The smallest absolute Gasteiger partial charge is 0.0718 e. The highest BCUT2D eigenvalue weighted by Gasteiger charge is 2.49. The molecule has 2 saturated heterocycles. The van der Waals surface area contributed by atoms with Gasteiger partial charge in [-0.25, -0.2) is 0 Å². The first-order valence-corrected chi connectivity index (χ1v) is 10.0. The average molecular weight is 358 g/mol. The van der Waals surface area contributed by atoms with Crippen molar-refractivity contribution in [1.29, 1.82) is 0 Å². The summed E-state index contributed by atoms with van der Waals surface area (Å²) in [6.45, 7) is 6.27. The SMILES string of the molecule is CN1CCC(COCc2ccncc2)CC12CN(Cc1cccs1)C2. The summed E-state index contributed by atoms with van der Waals surface area (Å²) in [6, 6.07) is 8.46. The lowest BCUT2D eigenvalue weighted by atomic mass is 9.75. The molecule has 2 aliphatic heterocycles. The number of piperidine rings is 1. The summed E-state index contributed by atoms with van der Waals surface area (Å²) in [5.74, 6) is 0.682. The summed E-state index contributed by atoms with van der Waals surface area (Å²) in [5, 5.41) is 2.17. The van der Waals surface area contributed by atoms with E-state index in [1.165, 1.54) is 42.9 Å². The maximum atomic E-state index is 6.01. The van der Waals surface area contributed by atoms with E-state index in [-0.39, 0.29) is 0 Å². The second-order valence-electron chi connectivity index (χ2n) is 7.60. The fraction of sp³-hybridized carbons (Fsp3) is 0.550. The Hall–Kier alpha value is -1.27. The first kappa shape index (κ1) is 17.2. The van der Waals surface area contributed by atoms with Gasteiger partial charge in [0, 0.05) is 49.1 Å². The third-order valence-electron chi connectivity index (χ3n) is 5.72. The minimum atomic E-state index is 0.375. The van der Waals surface area contributed by atoms with Gasteiger partial charge in [-0.15, -0.1) is 11.3 Å². The Kier molecular flexibility index (Phi) is 5.17. The molecule has 1 spiro atoms. The maximum Gasteiger partial charge on any atom is 0.0718 e. The average Bonchev–Trinajstić information content (AvgIpc) is 3.10. The molecule has 0 N–H and O–H groups in total. The zero-order valence-corrected chi connectivity index (χ0v) is 15.8. The van der Waals surface area contributed by atoms with Crippen molar-refractivity contribution in [3.05, 3.63) is 52.5 Å². The number of likely N-dealkylation sites (N-methyl/N-ethyl adjacent to an activating group) is 1. The van der Waals surface area contributed by atoms with Crippen LogP contribution in [0.15, 0.2) is 42.0 Å². The van der Waals surface area contributed by atoms with Crippen LogP contribution in [-0.4, -0.2) is 53.6 Å². The lowest BCUT2D eigenvalue weighted by molar-refractivity contribution is -0.0932. The van der Waals surface area contributed by atoms with Crippen molar-refractivity contribution in [3.63, 3.8) is 0 Å². The van der Waals surface area contributed by atoms with Gasteiger partial charge in [0.2, 0.25) is 0 Å². The molecule has 25 heavy (non-hydrogen) atoms. The van der Waals surface area contributed by atoms with E-state index in [0.29, 0.717) is 18.1 Å². The highest BCUT2D eigenvalue weighted by molar-refractivity contribution is 7.09. The van der Waals surface area contributed by atoms with E-state index in [4.69, 9.17) is 4.74 Å². The molecular formula is C20H27N3OS. The minimum absolute atomic E-state index is 0.375. The first-order valence-electron chi connectivity index (χ1n) is 9.16. The molecule has 2 aliphatic rings. The van der Waals surface area contributed by atoms with Crippen LogP contribution in [0.2, 0.25) is 0 Å². The van der Waals surface area contributed by atoms with Crippen molar-refractivity contribution in [1.82, 2.24) is 14.8 Å². The molecule has 4 nitrogen and oxygen atoms in total. The second kappa shape index (κ2) is 7.54. The van der Waals surface area contributed by atoms with Crippen LogP contribution in [0.1, 0.15) is 23.3 Å². The lowest BCUT2D eigenvalue weighted by Gasteiger charge is -2.58. The van der Waals surface area contributed by atoms with E-state index in [1.807, 2.05) is 35.9 Å². The predicted molar refractivity (Wildman–Crippen MR) is 102 cm³/mol. The number of hydrogen-bond acceptors (Lipinski definition) is 5. The molecule has 2 fully saturated rings. The van der Waals surface area contributed by atoms with E-state index in [2.05, 4.69) is 39.3 Å². The molecule has 0 radical (unpaired) electrons. The van der Waals surface area contributed by atoms with Crippen molar-refractivity contribution in [2.24, 2.45) is 5.92 Å². The highest BCUT2D eigenvalue weighted by atomic mass is 32.1. The van der Waals surface area contributed by atoms with Crippen molar-refractivity contribution in [2.45, 2.75) is 31.5 Å². The number of aromatic nitrogens is 1. The molecule has 0 bridgehead atoms. The summed E-state index contributed by atoms with van der Waals surface area (Å²) in [7, 11) is 2.30. The molecule has 4 rings (SSSR count). The van der Waals surface area contributed by atoms with Crippen molar-refractivity contribution in [3.8, 4) is 0 Å². The summed E-state index contributed by atoms with van der Waals surface area (Å²) in [5.41, 5.74) is 1.59. The zero-order valence-electron chi connectivity index (χ0n) is 14.9. The van der Waals surface area contributed by atoms with Crippen molar-refractivity contribution in [2.75, 3.05) is 33.3 Å². The number of rotatable bonds is 6. The lowest BCUT2D eigenvalue weighted by Crippen LogP contribution is -2.71. The van der Waals surface area contributed by atoms with Crippen LogP contribution in [0.3, 0.4) is 0 Å². The monoisotopic (exact) mass is 357 g/mol. The Labute approximate surface area is 154 Å². The van der Waals surface area contributed by atoms with Crippen LogP contribution in [0.4, 0.5) is 0 Å². The Morgan fingerprint density at radius 2 is 2.12 bits per heavy atom. The second-order valence-corrected chi connectivity index (χ2v) is 8.63. The van der Waals surface area contributed by atoms with E-state index in [1.54, 1.807) is 0 Å². The third kappa shape index (κ3) is 3.95. The standard InChI is InChI=1S/C20H27N3OS/c1-22-9-6-18(14-24-13-17-4-7-21-8-5-17)11-20(22)15-23(16-20)12-19-3-2-10-25-19/h2-5,7-8,10,18H,6,9,11-16H2,1H3. The Balaban J connectivity index is 1.26. The van der Waals surface area contributed by atoms with Crippen LogP contribution >= 0.6 is 11.3 Å². The molecule has 0 aromatic carbocycles.